The van der Waals surface area contributed by atoms with Gasteiger partial charge in [-0.2, -0.15) is 0 Å². The smallest absolute Gasteiger partial charge is 0.249 e. The first kappa shape index (κ1) is 14.5. The van der Waals surface area contributed by atoms with Gasteiger partial charge in [0.05, 0.1) is 12.8 Å². The van der Waals surface area contributed by atoms with Gasteiger partial charge in [-0.3, -0.25) is 9.59 Å². The van der Waals surface area contributed by atoms with Gasteiger partial charge in [-0.1, -0.05) is 18.6 Å². The fourth-order valence-electron chi connectivity index (χ4n) is 4.38. The molecule has 3 atom stereocenters. The van der Waals surface area contributed by atoms with E-state index in [-0.39, 0.29) is 17.7 Å². The van der Waals surface area contributed by atoms with Crippen LogP contribution in [0, 0.1) is 17.8 Å². The molecule has 1 aliphatic heterocycles. The SMILES string of the molecule is COc1ccccc1N1CC[C@H](NC(=O)C2[C@@H]3CCC[C@@H]23)C1=O. The number of para-hydroxylation sites is 2. The molecule has 1 heterocycles. The Bertz CT molecular complexity index is 635. The molecule has 1 N–H and O–H groups in total. The van der Waals surface area contributed by atoms with Crippen LogP contribution in [0.25, 0.3) is 0 Å². The van der Waals surface area contributed by atoms with Crippen LogP contribution in [0.5, 0.6) is 5.75 Å². The van der Waals surface area contributed by atoms with E-state index in [4.69, 9.17) is 4.74 Å². The zero-order valence-electron chi connectivity index (χ0n) is 13.3. The summed E-state index contributed by atoms with van der Waals surface area (Å²) in [4.78, 5) is 26.8. The lowest BCUT2D eigenvalue weighted by molar-refractivity contribution is -0.127. The molecule has 0 unspecified atom stereocenters. The number of fused-ring (bicyclic) bond motifs is 1. The van der Waals surface area contributed by atoms with Gasteiger partial charge in [-0.05, 0) is 43.2 Å². The maximum Gasteiger partial charge on any atom is 0.249 e. The molecule has 1 aromatic carbocycles. The van der Waals surface area contributed by atoms with Crippen LogP contribution < -0.4 is 15.0 Å². The number of nitrogens with zero attached hydrogens (tertiary/aromatic N) is 1. The summed E-state index contributed by atoms with van der Waals surface area (Å²) >= 11 is 0. The molecule has 0 bridgehead atoms. The summed E-state index contributed by atoms with van der Waals surface area (Å²) in [5, 5.41) is 2.99. The van der Waals surface area contributed by atoms with E-state index in [0.717, 1.165) is 5.69 Å². The van der Waals surface area contributed by atoms with Crippen LogP contribution in [0.3, 0.4) is 0 Å². The van der Waals surface area contributed by atoms with Crippen LogP contribution in [0.4, 0.5) is 5.69 Å². The highest BCUT2D eigenvalue weighted by molar-refractivity contribution is 6.02. The number of carbonyl (C=O) groups is 2. The Hall–Kier alpha value is -2.04. The van der Waals surface area contributed by atoms with Crippen LogP contribution >= 0.6 is 0 Å². The number of amides is 2. The minimum atomic E-state index is -0.395. The van der Waals surface area contributed by atoms with Gasteiger partial charge in [-0.25, -0.2) is 0 Å². The van der Waals surface area contributed by atoms with Crippen LogP contribution in [0.2, 0.25) is 0 Å². The number of ether oxygens (including phenoxy) is 1. The molecule has 122 valence electrons. The summed E-state index contributed by atoms with van der Waals surface area (Å²) in [7, 11) is 1.60. The molecule has 2 saturated carbocycles. The summed E-state index contributed by atoms with van der Waals surface area (Å²) in [6.45, 7) is 0.613. The lowest BCUT2D eigenvalue weighted by Crippen LogP contribution is -2.42. The second-order valence-electron chi connectivity index (χ2n) is 6.80. The van der Waals surface area contributed by atoms with E-state index in [1.54, 1.807) is 12.0 Å². The quantitative estimate of drug-likeness (QED) is 0.924. The van der Waals surface area contributed by atoms with Crippen LogP contribution in [0.1, 0.15) is 25.7 Å². The fraction of sp³-hybridized carbons (Fsp3) is 0.556. The Morgan fingerprint density at radius 1 is 1.22 bits per heavy atom. The second kappa shape index (κ2) is 5.55. The standard InChI is InChI=1S/C18H22N2O3/c1-23-15-8-3-2-7-14(15)20-10-9-13(18(20)22)19-17(21)16-11-5-4-6-12(11)16/h2-3,7-8,11-13,16H,4-6,9-10H2,1H3,(H,19,21)/t11-,12-,13+/m1/s1. The lowest BCUT2D eigenvalue weighted by atomic mass is 10.1. The third-order valence-electron chi connectivity index (χ3n) is 5.61. The minimum Gasteiger partial charge on any atom is -0.495 e. The third-order valence-corrected chi connectivity index (χ3v) is 5.61. The van der Waals surface area contributed by atoms with Crippen molar-refractivity contribution in [3.63, 3.8) is 0 Å². The van der Waals surface area contributed by atoms with E-state index in [0.29, 0.717) is 30.6 Å². The molecule has 2 amide bonds. The molecular weight excluding hydrogens is 292 g/mol. The highest BCUT2D eigenvalue weighted by Crippen LogP contribution is 2.57. The maximum absolute atomic E-state index is 12.7. The predicted octanol–water partition coefficient (Wildman–Crippen LogP) is 1.96. The molecule has 4 rings (SSSR count). The van der Waals surface area contributed by atoms with Crippen molar-refractivity contribution < 1.29 is 14.3 Å². The number of anilines is 1. The molecule has 3 aliphatic rings. The van der Waals surface area contributed by atoms with Gasteiger partial charge in [0.25, 0.3) is 0 Å². The molecular formula is C18H22N2O3. The Kier molecular flexibility index (Phi) is 3.51. The normalized spacial score (nSPS) is 31.9. The Morgan fingerprint density at radius 3 is 2.70 bits per heavy atom. The first-order valence-corrected chi connectivity index (χ1v) is 8.45. The zero-order chi connectivity index (χ0) is 16.0. The fourth-order valence-corrected chi connectivity index (χ4v) is 4.38. The summed E-state index contributed by atoms with van der Waals surface area (Å²) in [6, 6.07) is 7.11. The van der Waals surface area contributed by atoms with Gasteiger partial charge >= 0.3 is 0 Å². The van der Waals surface area contributed by atoms with Crippen LogP contribution in [0.15, 0.2) is 24.3 Å². The number of rotatable bonds is 4. The van der Waals surface area contributed by atoms with Crippen molar-refractivity contribution in [2.45, 2.75) is 31.7 Å². The average Bonchev–Trinajstić information content (AvgIpc) is 2.89. The van der Waals surface area contributed by atoms with Gasteiger partial charge in [0.15, 0.2) is 0 Å². The topological polar surface area (TPSA) is 58.6 Å². The third kappa shape index (κ3) is 2.38. The van der Waals surface area contributed by atoms with Crippen LogP contribution in [-0.4, -0.2) is 31.5 Å². The minimum absolute atomic E-state index is 0.0336. The van der Waals surface area contributed by atoms with E-state index in [2.05, 4.69) is 5.32 Å². The molecule has 5 heteroatoms. The van der Waals surface area contributed by atoms with E-state index >= 15 is 0 Å². The molecule has 3 fully saturated rings. The summed E-state index contributed by atoms with van der Waals surface area (Å²) in [5.41, 5.74) is 0.778. The number of hydrogen-bond acceptors (Lipinski definition) is 3. The van der Waals surface area contributed by atoms with E-state index in [9.17, 15) is 9.59 Å². The van der Waals surface area contributed by atoms with E-state index in [1.165, 1.54) is 19.3 Å². The van der Waals surface area contributed by atoms with Crippen molar-refractivity contribution in [1.82, 2.24) is 5.32 Å². The first-order chi connectivity index (χ1) is 11.2. The summed E-state index contributed by atoms with van der Waals surface area (Å²) in [6.07, 6.45) is 4.26. The van der Waals surface area contributed by atoms with Gasteiger partial charge in [0.2, 0.25) is 11.8 Å². The maximum atomic E-state index is 12.7. The average molecular weight is 314 g/mol. The van der Waals surface area contributed by atoms with Crippen LogP contribution in [-0.2, 0) is 9.59 Å². The molecule has 5 nitrogen and oxygen atoms in total. The molecule has 1 aromatic rings. The first-order valence-electron chi connectivity index (χ1n) is 8.45. The highest BCUT2D eigenvalue weighted by Gasteiger charge is 2.57. The molecule has 2 aliphatic carbocycles. The Morgan fingerprint density at radius 2 is 1.96 bits per heavy atom. The monoisotopic (exact) mass is 314 g/mol. The van der Waals surface area contributed by atoms with Gasteiger partial charge in [0.1, 0.15) is 11.8 Å². The van der Waals surface area contributed by atoms with Crippen molar-refractivity contribution in [3.8, 4) is 5.75 Å². The highest BCUT2D eigenvalue weighted by atomic mass is 16.5. The molecule has 0 radical (unpaired) electrons. The molecule has 0 aromatic heterocycles. The van der Waals surface area contributed by atoms with E-state index < -0.39 is 6.04 Å². The number of hydrogen-bond donors (Lipinski definition) is 1. The van der Waals surface area contributed by atoms with Crippen molar-refractivity contribution in [2.75, 3.05) is 18.6 Å². The number of methoxy groups -OCH3 is 1. The Labute approximate surface area is 136 Å². The van der Waals surface area contributed by atoms with Crippen molar-refractivity contribution >= 4 is 17.5 Å². The molecule has 0 spiro atoms. The second-order valence-corrected chi connectivity index (χ2v) is 6.80. The van der Waals surface area contributed by atoms with E-state index in [1.807, 2.05) is 24.3 Å². The van der Waals surface area contributed by atoms with Crippen molar-refractivity contribution in [2.24, 2.45) is 17.8 Å². The summed E-state index contributed by atoms with van der Waals surface area (Å²) in [5.74, 6) is 2.06. The number of nitrogens with one attached hydrogen (secondary N) is 1. The van der Waals surface area contributed by atoms with Gasteiger partial charge < -0.3 is 15.0 Å². The summed E-state index contributed by atoms with van der Waals surface area (Å²) < 4.78 is 5.34. The number of benzene rings is 1. The van der Waals surface area contributed by atoms with Crippen molar-refractivity contribution in [3.05, 3.63) is 24.3 Å². The zero-order valence-corrected chi connectivity index (χ0v) is 13.3. The molecule has 23 heavy (non-hydrogen) atoms. The largest absolute Gasteiger partial charge is 0.495 e. The van der Waals surface area contributed by atoms with Gasteiger partial charge in [-0.15, -0.1) is 0 Å². The molecule has 1 saturated heterocycles. The predicted molar refractivity (Wildman–Crippen MR) is 86.2 cm³/mol. The lowest BCUT2D eigenvalue weighted by Gasteiger charge is -2.19. The van der Waals surface area contributed by atoms with Gasteiger partial charge in [0, 0.05) is 12.5 Å². The van der Waals surface area contributed by atoms with Crippen molar-refractivity contribution in [1.29, 1.82) is 0 Å². The number of carbonyl (C=O) groups excluding carboxylic acids is 2. The Balaban J connectivity index is 1.42.